The normalized spacial score (nSPS) is 16.7. The van der Waals surface area contributed by atoms with E-state index >= 15 is 0 Å². The molecule has 19 heavy (non-hydrogen) atoms. The SMILES string of the molecule is CC(=O)Oc1ccc2c(C3CCCCC3)c[nH]c2c1. The summed E-state index contributed by atoms with van der Waals surface area (Å²) in [6.45, 7) is 1.42. The first-order valence-electron chi connectivity index (χ1n) is 7.03. The topological polar surface area (TPSA) is 42.1 Å². The number of benzene rings is 1. The Balaban J connectivity index is 1.92. The molecule has 2 aromatic rings. The van der Waals surface area contributed by atoms with Gasteiger partial charge in [0.2, 0.25) is 0 Å². The third kappa shape index (κ3) is 2.50. The van der Waals surface area contributed by atoms with Gasteiger partial charge < -0.3 is 9.72 Å². The monoisotopic (exact) mass is 257 g/mol. The van der Waals surface area contributed by atoms with Crippen LogP contribution in [-0.4, -0.2) is 11.0 Å². The molecule has 1 N–H and O–H groups in total. The van der Waals surface area contributed by atoms with Gasteiger partial charge in [-0.3, -0.25) is 4.79 Å². The lowest BCUT2D eigenvalue weighted by Crippen LogP contribution is -2.03. The van der Waals surface area contributed by atoms with Gasteiger partial charge in [0.15, 0.2) is 0 Å². The number of carbonyl (C=O) groups excluding carboxylic acids is 1. The van der Waals surface area contributed by atoms with Gasteiger partial charge in [0.25, 0.3) is 0 Å². The van der Waals surface area contributed by atoms with Gasteiger partial charge in [0.05, 0.1) is 0 Å². The Morgan fingerprint density at radius 1 is 1.26 bits per heavy atom. The number of fused-ring (bicyclic) bond motifs is 1. The third-order valence-corrected chi connectivity index (χ3v) is 3.99. The first kappa shape index (κ1) is 12.3. The van der Waals surface area contributed by atoms with Crippen LogP contribution in [0.4, 0.5) is 0 Å². The Kier molecular flexibility index (Phi) is 3.28. The number of aromatic amines is 1. The molecule has 1 aromatic carbocycles. The fraction of sp³-hybridized carbons (Fsp3) is 0.438. The molecule has 0 atom stereocenters. The van der Waals surface area contributed by atoms with E-state index in [-0.39, 0.29) is 5.97 Å². The average Bonchev–Trinajstić information content (AvgIpc) is 2.82. The summed E-state index contributed by atoms with van der Waals surface area (Å²) in [7, 11) is 0. The van der Waals surface area contributed by atoms with Crippen molar-refractivity contribution >= 4 is 16.9 Å². The lowest BCUT2D eigenvalue weighted by molar-refractivity contribution is -0.131. The molecule has 0 amide bonds. The summed E-state index contributed by atoms with van der Waals surface area (Å²) in [5, 5.41) is 1.27. The molecular weight excluding hydrogens is 238 g/mol. The van der Waals surface area contributed by atoms with Crippen molar-refractivity contribution in [3.8, 4) is 5.75 Å². The van der Waals surface area contributed by atoms with Gasteiger partial charge in [-0.25, -0.2) is 0 Å². The van der Waals surface area contributed by atoms with E-state index in [2.05, 4.69) is 17.2 Å². The number of aromatic nitrogens is 1. The number of ether oxygens (including phenoxy) is 1. The molecule has 3 nitrogen and oxygen atoms in total. The van der Waals surface area contributed by atoms with Crippen molar-refractivity contribution < 1.29 is 9.53 Å². The third-order valence-electron chi connectivity index (χ3n) is 3.99. The maximum Gasteiger partial charge on any atom is 0.308 e. The number of rotatable bonds is 2. The molecule has 3 rings (SSSR count). The van der Waals surface area contributed by atoms with E-state index in [1.807, 2.05) is 12.1 Å². The number of hydrogen-bond donors (Lipinski definition) is 1. The molecule has 3 heteroatoms. The average molecular weight is 257 g/mol. The number of nitrogens with one attached hydrogen (secondary N) is 1. The second-order valence-electron chi connectivity index (χ2n) is 5.38. The van der Waals surface area contributed by atoms with Crippen molar-refractivity contribution in [2.75, 3.05) is 0 Å². The van der Waals surface area contributed by atoms with Gasteiger partial charge in [-0.1, -0.05) is 19.3 Å². The van der Waals surface area contributed by atoms with Crippen LogP contribution in [0.2, 0.25) is 0 Å². The molecule has 1 heterocycles. The Morgan fingerprint density at radius 3 is 2.79 bits per heavy atom. The van der Waals surface area contributed by atoms with E-state index in [9.17, 15) is 4.79 Å². The summed E-state index contributed by atoms with van der Waals surface area (Å²) >= 11 is 0. The van der Waals surface area contributed by atoms with Crippen molar-refractivity contribution in [1.29, 1.82) is 0 Å². The largest absolute Gasteiger partial charge is 0.427 e. The van der Waals surface area contributed by atoms with Gasteiger partial charge in [-0.05, 0) is 36.5 Å². The summed E-state index contributed by atoms with van der Waals surface area (Å²) in [6, 6.07) is 5.85. The molecule has 1 saturated carbocycles. The van der Waals surface area contributed by atoms with Crippen molar-refractivity contribution in [2.24, 2.45) is 0 Å². The Labute approximate surface area is 113 Å². The lowest BCUT2D eigenvalue weighted by atomic mass is 9.84. The van der Waals surface area contributed by atoms with E-state index in [4.69, 9.17) is 4.74 Å². The molecule has 0 bridgehead atoms. The van der Waals surface area contributed by atoms with Crippen molar-refractivity contribution in [3.63, 3.8) is 0 Å². The number of esters is 1. The smallest absolute Gasteiger partial charge is 0.308 e. The van der Waals surface area contributed by atoms with Gasteiger partial charge in [0, 0.05) is 30.1 Å². The highest BCUT2D eigenvalue weighted by Gasteiger charge is 2.18. The highest BCUT2D eigenvalue weighted by atomic mass is 16.5. The van der Waals surface area contributed by atoms with Crippen LogP contribution in [0.15, 0.2) is 24.4 Å². The zero-order valence-corrected chi connectivity index (χ0v) is 11.2. The van der Waals surface area contributed by atoms with E-state index in [0.29, 0.717) is 11.7 Å². The number of carbonyl (C=O) groups is 1. The van der Waals surface area contributed by atoms with Gasteiger partial charge in [-0.2, -0.15) is 0 Å². The molecular formula is C16H19NO2. The summed E-state index contributed by atoms with van der Waals surface area (Å²) in [5.74, 6) is 1.01. The minimum absolute atomic E-state index is 0.279. The van der Waals surface area contributed by atoms with Crippen LogP contribution in [0.5, 0.6) is 5.75 Å². The van der Waals surface area contributed by atoms with Crippen LogP contribution in [0.3, 0.4) is 0 Å². The number of hydrogen-bond acceptors (Lipinski definition) is 2. The van der Waals surface area contributed by atoms with E-state index in [1.54, 1.807) is 0 Å². The van der Waals surface area contributed by atoms with Crippen LogP contribution >= 0.6 is 0 Å². The van der Waals surface area contributed by atoms with Crippen molar-refractivity contribution in [2.45, 2.75) is 44.9 Å². The lowest BCUT2D eigenvalue weighted by Gasteiger charge is -2.21. The van der Waals surface area contributed by atoms with Crippen molar-refractivity contribution in [1.82, 2.24) is 4.98 Å². The standard InChI is InChI=1S/C16H19NO2/c1-11(18)19-13-7-8-14-15(10-17-16(14)9-13)12-5-3-2-4-6-12/h7-10,12,17H,2-6H2,1H3. The van der Waals surface area contributed by atoms with Gasteiger partial charge in [0.1, 0.15) is 5.75 Å². The maximum atomic E-state index is 11.0. The van der Waals surface area contributed by atoms with Crippen LogP contribution in [0.1, 0.15) is 50.5 Å². The first-order valence-corrected chi connectivity index (χ1v) is 7.03. The van der Waals surface area contributed by atoms with Crippen molar-refractivity contribution in [3.05, 3.63) is 30.0 Å². The van der Waals surface area contributed by atoms with Gasteiger partial charge >= 0.3 is 5.97 Å². The summed E-state index contributed by atoms with van der Waals surface area (Å²) in [4.78, 5) is 14.3. The predicted octanol–water partition coefficient (Wildman–Crippen LogP) is 4.14. The molecule has 1 aliphatic rings. The van der Waals surface area contributed by atoms with Crippen LogP contribution in [-0.2, 0) is 4.79 Å². The van der Waals surface area contributed by atoms with Crippen LogP contribution in [0, 0.1) is 0 Å². The van der Waals surface area contributed by atoms with E-state index in [1.165, 1.54) is 50.0 Å². The summed E-state index contributed by atoms with van der Waals surface area (Å²) in [5.41, 5.74) is 2.48. The first-order chi connectivity index (χ1) is 9.24. The second kappa shape index (κ2) is 5.08. The number of H-pyrrole nitrogens is 1. The molecule has 0 saturated heterocycles. The fourth-order valence-electron chi connectivity index (χ4n) is 3.11. The zero-order valence-electron chi connectivity index (χ0n) is 11.2. The molecule has 0 unspecified atom stereocenters. The minimum Gasteiger partial charge on any atom is -0.427 e. The molecule has 0 spiro atoms. The van der Waals surface area contributed by atoms with Gasteiger partial charge in [-0.15, -0.1) is 0 Å². The highest BCUT2D eigenvalue weighted by Crippen LogP contribution is 2.37. The summed E-state index contributed by atoms with van der Waals surface area (Å²) in [6.07, 6.45) is 8.75. The summed E-state index contributed by atoms with van der Waals surface area (Å²) < 4.78 is 5.12. The molecule has 1 fully saturated rings. The quantitative estimate of drug-likeness (QED) is 0.649. The van der Waals surface area contributed by atoms with Crippen LogP contribution < -0.4 is 4.74 Å². The van der Waals surface area contributed by atoms with Crippen LogP contribution in [0.25, 0.3) is 10.9 Å². The Hall–Kier alpha value is -1.77. The minimum atomic E-state index is -0.279. The Morgan fingerprint density at radius 2 is 2.05 bits per heavy atom. The predicted molar refractivity (Wildman–Crippen MR) is 75.4 cm³/mol. The van der Waals surface area contributed by atoms with E-state index in [0.717, 1.165) is 5.52 Å². The molecule has 1 aliphatic carbocycles. The molecule has 100 valence electrons. The molecule has 0 aliphatic heterocycles. The Bertz CT molecular complexity index is 594. The maximum absolute atomic E-state index is 11.0. The second-order valence-corrected chi connectivity index (χ2v) is 5.38. The highest BCUT2D eigenvalue weighted by molar-refractivity contribution is 5.85. The molecule has 1 aromatic heterocycles. The fourth-order valence-corrected chi connectivity index (χ4v) is 3.11. The molecule has 0 radical (unpaired) electrons. The van der Waals surface area contributed by atoms with E-state index < -0.39 is 0 Å². The zero-order chi connectivity index (χ0) is 13.2.